The first kappa shape index (κ1) is 20.2. The normalized spacial score (nSPS) is 12.6. The van der Waals surface area contributed by atoms with Crippen molar-refractivity contribution in [2.24, 2.45) is 0 Å². The third-order valence-corrected chi connectivity index (χ3v) is 10.0. The van der Waals surface area contributed by atoms with Crippen molar-refractivity contribution < 1.29 is 4.43 Å². The van der Waals surface area contributed by atoms with Crippen molar-refractivity contribution in [3.8, 4) is 0 Å². The molecule has 0 bridgehead atoms. The number of rotatable bonds is 8. The van der Waals surface area contributed by atoms with Crippen LogP contribution in [0.15, 0.2) is 72.8 Å². The summed E-state index contributed by atoms with van der Waals surface area (Å²) in [4.78, 5) is 0. The van der Waals surface area contributed by atoms with E-state index in [0.717, 1.165) is 18.2 Å². The molecule has 0 saturated heterocycles. The predicted molar refractivity (Wildman–Crippen MR) is 116 cm³/mol. The number of hydrogen-bond acceptors (Lipinski definition) is 1. The molecule has 25 heavy (non-hydrogen) atoms. The van der Waals surface area contributed by atoms with Gasteiger partial charge >= 0.3 is 0 Å². The van der Waals surface area contributed by atoms with Gasteiger partial charge in [-0.1, -0.05) is 110 Å². The SMILES string of the molecule is CC(C)(C)[Si](OC/C=C/CCCBr)(c1ccccc1)c1ccccc1. The largest absolute Gasteiger partial charge is 0.404 e. The molecule has 0 spiro atoms. The molecule has 2 aromatic rings. The van der Waals surface area contributed by atoms with E-state index >= 15 is 0 Å². The molecule has 0 atom stereocenters. The molecule has 0 fully saturated rings. The number of unbranched alkanes of at least 4 members (excludes halogenated alkanes) is 1. The molecule has 0 aliphatic rings. The van der Waals surface area contributed by atoms with Gasteiger partial charge in [0.1, 0.15) is 0 Å². The maximum Gasteiger partial charge on any atom is 0.261 e. The summed E-state index contributed by atoms with van der Waals surface area (Å²) in [5.74, 6) is 0. The van der Waals surface area contributed by atoms with Crippen molar-refractivity contribution in [1.82, 2.24) is 0 Å². The summed E-state index contributed by atoms with van der Waals surface area (Å²) >= 11 is 3.48. The van der Waals surface area contributed by atoms with Gasteiger partial charge in [0.25, 0.3) is 8.32 Å². The smallest absolute Gasteiger partial charge is 0.261 e. The molecule has 0 aromatic heterocycles. The zero-order valence-corrected chi connectivity index (χ0v) is 18.1. The second-order valence-corrected chi connectivity index (χ2v) is 12.4. The molecule has 1 nitrogen and oxygen atoms in total. The van der Waals surface area contributed by atoms with Crippen molar-refractivity contribution in [3.05, 3.63) is 72.8 Å². The van der Waals surface area contributed by atoms with Crippen LogP contribution >= 0.6 is 15.9 Å². The summed E-state index contributed by atoms with van der Waals surface area (Å²) in [5, 5.41) is 3.76. The Kier molecular flexibility index (Phi) is 7.67. The molecule has 3 heteroatoms. The van der Waals surface area contributed by atoms with E-state index in [1.165, 1.54) is 10.4 Å². The lowest BCUT2D eigenvalue weighted by molar-refractivity contribution is 0.339. The van der Waals surface area contributed by atoms with Crippen LogP contribution in [0.1, 0.15) is 33.6 Å². The van der Waals surface area contributed by atoms with Gasteiger partial charge in [0.15, 0.2) is 0 Å². The van der Waals surface area contributed by atoms with Crippen LogP contribution in [-0.4, -0.2) is 20.3 Å². The first-order chi connectivity index (χ1) is 12.0. The highest BCUT2D eigenvalue weighted by atomic mass is 79.9. The Hall–Kier alpha value is -1.16. The molecule has 0 amide bonds. The van der Waals surface area contributed by atoms with Gasteiger partial charge in [0, 0.05) is 5.33 Å². The lowest BCUT2D eigenvalue weighted by Gasteiger charge is -2.42. The highest BCUT2D eigenvalue weighted by molar-refractivity contribution is 9.09. The van der Waals surface area contributed by atoms with Crippen LogP contribution in [0.3, 0.4) is 0 Å². The van der Waals surface area contributed by atoms with Crippen LogP contribution in [0, 0.1) is 0 Å². The van der Waals surface area contributed by atoms with Gasteiger partial charge in [-0.25, -0.2) is 0 Å². The summed E-state index contributed by atoms with van der Waals surface area (Å²) < 4.78 is 6.79. The topological polar surface area (TPSA) is 9.23 Å². The average molecular weight is 417 g/mol. The molecule has 0 radical (unpaired) electrons. The minimum absolute atomic E-state index is 0.0411. The van der Waals surface area contributed by atoms with E-state index in [4.69, 9.17) is 4.43 Å². The molecule has 0 unspecified atom stereocenters. The molecule has 0 heterocycles. The van der Waals surface area contributed by atoms with Gasteiger partial charge in [-0.3, -0.25) is 0 Å². The van der Waals surface area contributed by atoms with Crippen LogP contribution in [0.25, 0.3) is 0 Å². The highest BCUT2D eigenvalue weighted by Crippen LogP contribution is 2.36. The molecule has 2 rings (SSSR count). The molecule has 0 saturated carbocycles. The molecule has 2 aromatic carbocycles. The Bertz CT molecular complexity index is 607. The molecular weight excluding hydrogens is 388 g/mol. The Labute approximate surface area is 162 Å². The maximum atomic E-state index is 6.79. The molecule has 0 N–H and O–H groups in total. The fourth-order valence-electron chi connectivity index (χ4n) is 3.32. The number of alkyl halides is 1. The number of allylic oxidation sites excluding steroid dienone is 1. The minimum atomic E-state index is -2.38. The van der Waals surface area contributed by atoms with Crippen molar-refractivity contribution in [2.75, 3.05) is 11.9 Å². The Morgan fingerprint density at radius 1 is 0.880 bits per heavy atom. The van der Waals surface area contributed by atoms with Crippen LogP contribution in [0.2, 0.25) is 5.04 Å². The minimum Gasteiger partial charge on any atom is -0.404 e. The maximum absolute atomic E-state index is 6.79. The zero-order chi connectivity index (χ0) is 18.2. The molecule has 134 valence electrons. The van der Waals surface area contributed by atoms with E-state index in [9.17, 15) is 0 Å². The summed E-state index contributed by atoms with van der Waals surface area (Å²) in [7, 11) is -2.38. The van der Waals surface area contributed by atoms with Crippen molar-refractivity contribution in [3.63, 3.8) is 0 Å². The lowest BCUT2D eigenvalue weighted by atomic mass is 10.2. The van der Waals surface area contributed by atoms with E-state index in [0.29, 0.717) is 6.61 Å². The summed E-state index contributed by atoms with van der Waals surface area (Å²) in [6.45, 7) is 7.60. The van der Waals surface area contributed by atoms with E-state index in [-0.39, 0.29) is 5.04 Å². The van der Waals surface area contributed by atoms with Gasteiger partial charge in [0.05, 0.1) is 6.61 Å². The van der Waals surface area contributed by atoms with Crippen LogP contribution in [0.5, 0.6) is 0 Å². The van der Waals surface area contributed by atoms with Gasteiger partial charge in [-0.15, -0.1) is 0 Å². The molecule has 0 aliphatic heterocycles. The van der Waals surface area contributed by atoms with E-state index < -0.39 is 8.32 Å². The second-order valence-electron chi connectivity index (χ2n) is 7.28. The quantitative estimate of drug-likeness (QED) is 0.245. The Balaban J connectivity index is 2.41. The fourth-order valence-corrected chi connectivity index (χ4v) is 8.14. The fraction of sp³-hybridized carbons (Fsp3) is 0.364. The van der Waals surface area contributed by atoms with Gasteiger partial charge in [-0.05, 0) is 28.3 Å². The van der Waals surface area contributed by atoms with Crippen LogP contribution in [0.4, 0.5) is 0 Å². The Morgan fingerprint density at radius 3 is 1.84 bits per heavy atom. The highest BCUT2D eigenvalue weighted by Gasteiger charge is 2.49. The third kappa shape index (κ3) is 4.93. The summed E-state index contributed by atoms with van der Waals surface area (Å²) in [6.07, 6.45) is 6.67. The second kappa shape index (κ2) is 9.51. The van der Waals surface area contributed by atoms with Gasteiger partial charge < -0.3 is 4.43 Å². The first-order valence-electron chi connectivity index (χ1n) is 8.98. The van der Waals surface area contributed by atoms with Crippen LogP contribution in [-0.2, 0) is 4.43 Å². The van der Waals surface area contributed by atoms with Crippen LogP contribution < -0.4 is 10.4 Å². The molecular formula is C22H29BrOSi. The lowest BCUT2D eigenvalue weighted by Crippen LogP contribution is -2.66. The van der Waals surface area contributed by atoms with E-state index in [1.54, 1.807) is 0 Å². The Morgan fingerprint density at radius 2 is 1.40 bits per heavy atom. The van der Waals surface area contributed by atoms with E-state index in [1.807, 2.05) is 0 Å². The first-order valence-corrected chi connectivity index (χ1v) is 12.0. The monoisotopic (exact) mass is 416 g/mol. The molecule has 0 aliphatic carbocycles. The average Bonchev–Trinajstić information content (AvgIpc) is 2.62. The van der Waals surface area contributed by atoms with Crippen molar-refractivity contribution in [1.29, 1.82) is 0 Å². The van der Waals surface area contributed by atoms with Crippen molar-refractivity contribution in [2.45, 2.75) is 38.7 Å². The third-order valence-electron chi connectivity index (χ3n) is 4.48. The summed E-state index contributed by atoms with van der Waals surface area (Å²) in [5.41, 5.74) is 0. The van der Waals surface area contributed by atoms with E-state index in [2.05, 4.69) is 110 Å². The standard InChI is InChI=1S/C22H29BrOSi/c1-22(2,3)25(20-14-8-6-9-15-20,21-16-10-7-11-17-21)24-19-13-5-4-12-18-23/h5-11,13-17H,4,12,18-19H2,1-3H3/b13-5+. The summed E-state index contributed by atoms with van der Waals surface area (Å²) in [6, 6.07) is 21.6. The van der Waals surface area contributed by atoms with Gasteiger partial charge in [-0.2, -0.15) is 0 Å². The van der Waals surface area contributed by atoms with Gasteiger partial charge in [0.2, 0.25) is 0 Å². The number of halogens is 1. The number of benzene rings is 2. The predicted octanol–water partition coefficient (Wildman–Crippen LogP) is 5.29. The van der Waals surface area contributed by atoms with Crippen molar-refractivity contribution >= 4 is 34.6 Å². The number of hydrogen-bond donors (Lipinski definition) is 0. The zero-order valence-electron chi connectivity index (χ0n) is 15.5.